The van der Waals surface area contributed by atoms with Gasteiger partial charge in [0.05, 0.1) is 6.61 Å². The summed E-state index contributed by atoms with van der Waals surface area (Å²) in [6.45, 7) is 10.3. The van der Waals surface area contributed by atoms with Gasteiger partial charge in [-0.05, 0) is 44.9 Å². The van der Waals surface area contributed by atoms with E-state index < -0.39 is 0 Å². The third-order valence-electron chi connectivity index (χ3n) is 2.41. The molecular weight excluding hydrogens is 222 g/mol. The van der Waals surface area contributed by atoms with E-state index in [1.807, 2.05) is 12.1 Å². The summed E-state index contributed by atoms with van der Waals surface area (Å²) in [5.74, 6) is 0.946. The Hall–Kier alpha value is -1.28. The first-order valence-corrected chi connectivity index (χ1v) is 6.66. The fourth-order valence-electron chi connectivity index (χ4n) is 1.46. The Morgan fingerprint density at radius 3 is 2.39 bits per heavy atom. The minimum Gasteiger partial charge on any atom is -0.494 e. The highest BCUT2D eigenvalue weighted by atomic mass is 16.5. The summed E-state index contributed by atoms with van der Waals surface area (Å²) in [6.07, 6.45) is 5.32. The molecule has 0 aromatic heterocycles. The first-order chi connectivity index (χ1) is 8.51. The summed E-state index contributed by atoms with van der Waals surface area (Å²) in [5.41, 5.74) is 1.37. The number of hydrogen-bond donors (Lipinski definition) is 1. The Balaban J connectivity index is 2.41. The van der Waals surface area contributed by atoms with Crippen LogP contribution in [-0.4, -0.2) is 18.7 Å². The summed E-state index contributed by atoms with van der Waals surface area (Å²) < 4.78 is 5.54. The molecule has 0 unspecified atom stereocenters. The van der Waals surface area contributed by atoms with Crippen molar-refractivity contribution in [2.45, 2.75) is 39.7 Å². The molecule has 1 aromatic rings. The zero-order valence-corrected chi connectivity index (χ0v) is 12.0. The molecule has 0 aliphatic rings. The largest absolute Gasteiger partial charge is 0.494 e. The minimum absolute atomic E-state index is 0.169. The van der Waals surface area contributed by atoms with Crippen molar-refractivity contribution in [2.75, 3.05) is 13.2 Å². The predicted molar refractivity (Wildman–Crippen MR) is 79.0 cm³/mol. The lowest BCUT2D eigenvalue weighted by molar-refractivity contribution is 0.317. The predicted octanol–water partition coefficient (Wildman–Crippen LogP) is 3.88. The lowest BCUT2D eigenvalue weighted by Crippen LogP contribution is -2.35. The van der Waals surface area contributed by atoms with Gasteiger partial charge in [-0.1, -0.05) is 31.2 Å². The van der Waals surface area contributed by atoms with Crippen LogP contribution in [0.4, 0.5) is 0 Å². The average molecular weight is 247 g/mol. The van der Waals surface area contributed by atoms with Gasteiger partial charge in [0.15, 0.2) is 0 Å². The lowest BCUT2D eigenvalue weighted by atomic mass is 10.1. The fourth-order valence-corrected chi connectivity index (χ4v) is 1.46. The number of hydrogen-bond acceptors (Lipinski definition) is 2. The maximum absolute atomic E-state index is 5.54. The third kappa shape index (κ3) is 6.45. The van der Waals surface area contributed by atoms with Gasteiger partial charge in [-0.3, -0.25) is 0 Å². The Morgan fingerprint density at radius 1 is 1.17 bits per heavy atom. The van der Waals surface area contributed by atoms with E-state index in [4.69, 9.17) is 4.74 Å². The number of ether oxygens (including phenoxy) is 1. The van der Waals surface area contributed by atoms with Crippen LogP contribution in [0.15, 0.2) is 30.3 Å². The van der Waals surface area contributed by atoms with Gasteiger partial charge in [0.1, 0.15) is 5.75 Å². The molecule has 1 rings (SSSR count). The van der Waals surface area contributed by atoms with Crippen molar-refractivity contribution in [3.8, 4) is 5.75 Å². The second-order valence-electron chi connectivity index (χ2n) is 5.45. The molecule has 0 spiro atoms. The molecule has 100 valence electrons. The van der Waals surface area contributed by atoms with Crippen LogP contribution in [0.5, 0.6) is 5.75 Å². The smallest absolute Gasteiger partial charge is 0.119 e. The number of benzene rings is 1. The first-order valence-electron chi connectivity index (χ1n) is 6.66. The van der Waals surface area contributed by atoms with E-state index in [9.17, 15) is 0 Å². The maximum atomic E-state index is 5.54. The number of rotatable bonds is 6. The van der Waals surface area contributed by atoms with E-state index in [1.54, 1.807) is 0 Å². The Morgan fingerprint density at radius 2 is 1.83 bits per heavy atom. The van der Waals surface area contributed by atoms with E-state index in [0.717, 1.165) is 25.3 Å². The normalized spacial score (nSPS) is 12.0. The zero-order chi connectivity index (χ0) is 13.4. The summed E-state index contributed by atoms with van der Waals surface area (Å²) in [6, 6.07) is 8.20. The highest BCUT2D eigenvalue weighted by molar-refractivity contribution is 5.50. The minimum atomic E-state index is 0.169. The van der Waals surface area contributed by atoms with E-state index in [2.05, 4.69) is 57.3 Å². The molecular formula is C16H25NO. The quantitative estimate of drug-likeness (QED) is 0.823. The molecule has 0 saturated carbocycles. The van der Waals surface area contributed by atoms with Gasteiger partial charge in [0.2, 0.25) is 0 Å². The van der Waals surface area contributed by atoms with Gasteiger partial charge >= 0.3 is 0 Å². The van der Waals surface area contributed by atoms with Gasteiger partial charge in [-0.2, -0.15) is 0 Å². The van der Waals surface area contributed by atoms with Crippen LogP contribution in [0, 0.1) is 0 Å². The van der Waals surface area contributed by atoms with Gasteiger partial charge in [0.25, 0.3) is 0 Å². The van der Waals surface area contributed by atoms with Crippen LogP contribution in [0.2, 0.25) is 0 Å². The molecule has 1 N–H and O–H groups in total. The van der Waals surface area contributed by atoms with E-state index >= 15 is 0 Å². The molecule has 0 radical (unpaired) electrons. The highest BCUT2D eigenvalue weighted by Crippen LogP contribution is 2.13. The topological polar surface area (TPSA) is 21.3 Å². The summed E-state index contributed by atoms with van der Waals surface area (Å²) in [7, 11) is 0. The standard InChI is InChI=1S/C16H25NO/c1-5-13-18-15-10-8-14(9-11-15)7-6-12-17-16(2,3)4/h6-11,17H,5,12-13H2,1-4H3. The molecule has 0 amide bonds. The SMILES string of the molecule is CCCOc1ccc(C=CCNC(C)(C)C)cc1. The molecule has 0 atom stereocenters. The van der Waals surface area contributed by atoms with E-state index in [-0.39, 0.29) is 5.54 Å². The second kappa shape index (κ2) is 7.22. The van der Waals surface area contributed by atoms with Gasteiger partial charge in [-0.15, -0.1) is 0 Å². The summed E-state index contributed by atoms with van der Waals surface area (Å²) in [4.78, 5) is 0. The lowest BCUT2D eigenvalue weighted by Gasteiger charge is -2.18. The number of nitrogens with one attached hydrogen (secondary N) is 1. The van der Waals surface area contributed by atoms with Crippen LogP contribution < -0.4 is 10.1 Å². The summed E-state index contributed by atoms with van der Waals surface area (Å²) in [5, 5.41) is 3.42. The van der Waals surface area contributed by atoms with Crippen molar-refractivity contribution in [2.24, 2.45) is 0 Å². The first kappa shape index (κ1) is 14.8. The Bertz CT molecular complexity index is 360. The van der Waals surface area contributed by atoms with Gasteiger partial charge in [0, 0.05) is 12.1 Å². The summed E-state index contributed by atoms with van der Waals surface area (Å²) >= 11 is 0. The monoisotopic (exact) mass is 247 g/mol. The van der Waals surface area contributed by atoms with Crippen LogP contribution in [0.1, 0.15) is 39.7 Å². The van der Waals surface area contributed by atoms with Crippen molar-refractivity contribution in [3.63, 3.8) is 0 Å². The van der Waals surface area contributed by atoms with Crippen molar-refractivity contribution in [1.82, 2.24) is 5.32 Å². The fraction of sp³-hybridized carbons (Fsp3) is 0.500. The molecule has 0 heterocycles. The second-order valence-corrected chi connectivity index (χ2v) is 5.45. The molecule has 0 fully saturated rings. The van der Waals surface area contributed by atoms with Crippen molar-refractivity contribution in [1.29, 1.82) is 0 Å². The van der Waals surface area contributed by atoms with Gasteiger partial charge < -0.3 is 10.1 Å². The van der Waals surface area contributed by atoms with Crippen molar-refractivity contribution < 1.29 is 4.74 Å². The third-order valence-corrected chi connectivity index (χ3v) is 2.41. The Kier molecular flexibility index (Phi) is 5.93. The molecule has 18 heavy (non-hydrogen) atoms. The van der Waals surface area contributed by atoms with Crippen LogP contribution in [-0.2, 0) is 0 Å². The molecule has 2 nitrogen and oxygen atoms in total. The molecule has 0 saturated heterocycles. The van der Waals surface area contributed by atoms with Crippen molar-refractivity contribution >= 4 is 6.08 Å². The highest BCUT2D eigenvalue weighted by Gasteiger charge is 2.05. The van der Waals surface area contributed by atoms with Crippen LogP contribution >= 0.6 is 0 Å². The maximum Gasteiger partial charge on any atom is 0.119 e. The van der Waals surface area contributed by atoms with E-state index in [0.29, 0.717) is 0 Å². The molecule has 0 aliphatic carbocycles. The van der Waals surface area contributed by atoms with Gasteiger partial charge in [-0.25, -0.2) is 0 Å². The Labute approximate surface area is 111 Å². The zero-order valence-electron chi connectivity index (χ0n) is 12.0. The van der Waals surface area contributed by atoms with Crippen LogP contribution in [0.3, 0.4) is 0 Å². The van der Waals surface area contributed by atoms with Crippen LogP contribution in [0.25, 0.3) is 6.08 Å². The molecule has 0 aliphatic heterocycles. The van der Waals surface area contributed by atoms with Crippen molar-refractivity contribution in [3.05, 3.63) is 35.9 Å². The molecule has 0 bridgehead atoms. The van der Waals surface area contributed by atoms with E-state index in [1.165, 1.54) is 5.56 Å². The molecule has 2 heteroatoms. The average Bonchev–Trinajstić information content (AvgIpc) is 2.32. The molecule has 1 aromatic carbocycles.